The Balaban J connectivity index is 1.94. The average molecular weight is 370 g/mol. The molecule has 0 atom stereocenters. The summed E-state index contributed by atoms with van der Waals surface area (Å²) in [6.07, 6.45) is 1.67. The molecule has 1 aromatic heterocycles. The first kappa shape index (κ1) is 17.9. The van der Waals surface area contributed by atoms with Crippen LogP contribution in [0.15, 0.2) is 46.5 Å². The third-order valence-corrected chi connectivity index (χ3v) is 4.59. The van der Waals surface area contributed by atoms with Crippen LogP contribution in [0, 0.1) is 0 Å². The Hall–Kier alpha value is -2.93. The first-order valence-electron chi connectivity index (χ1n) is 8.24. The predicted molar refractivity (Wildman–Crippen MR) is 101 cm³/mol. The number of carboxylic acids is 1. The summed E-state index contributed by atoms with van der Waals surface area (Å²) in [5, 5.41) is 9.60. The van der Waals surface area contributed by atoms with Crippen molar-refractivity contribution >= 4 is 35.3 Å². The van der Waals surface area contributed by atoms with Crippen LogP contribution in [0.2, 0.25) is 0 Å². The third-order valence-electron chi connectivity index (χ3n) is 4.15. The number of hydrogen-bond donors (Lipinski definition) is 1. The van der Waals surface area contributed by atoms with Crippen LogP contribution in [0.3, 0.4) is 0 Å². The molecule has 7 heteroatoms. The molecule has 1 fully saturated rings. The molecule has 1 aliphatic heterocycles. The number of furan rings is 1. The molecule has 0 unspecified atom stereocenters. The van der Waals surface area contributed by atoms with Crippen molar-refractivity contribution in [3.63, 3.8) is 0 Å². The maximum atomic E-state index is 12.5. The first-order valence-corrected chi connectivity index (χ1v) is 8.65. The molecule has 2 heterocycles. The third kappa shape index (κ3) is 3.13. The number of likely N-dealkylation sites (N-methyl/N-ethyl adjacent to an activating group) is 2. The molecule has 3 rings (SSSR count). The van der Waals surface area contributed by atoms with Crippen LogP contribution in [-0.4, -0.2) is 45.0 Å². The Morgan fingerprint density at radius 3 is 2.58 bits per heavy atom. The van der Waals surface area contributed by atoms with Gasteiger partial charge in [-0.2, -0.15) is 0 Å². The van der Waals surface area contributed by atoms with Gasteiger partial charge in [0.05, 0.1) is 5.56 Å². The van der Waals surface area contributed by atoms with Crippen LogP contribution >= 0.6 is 12.2 Å². The van der Waals surface area contributed by atoms with Gasteiger partial charge in [-0.3, -0.25) is 9.69 Å². The van der Waals surface area contributed by atoms with Gasteiger partial charge >= 0.3 is 5.97 Å². The average Bonchev–Trinajstić information content (AvgIpc) is 3.18. The maximum absolute atomic E-state index is 12.5. The molecule has 0 bridgehead atoms. The minimum absolute atomic E-state index is 0.148. The molecule has 1 aliphatic rings. The van der Waals surface area contributed by atoms with Crippen LogP contribution in [0.1, 0.15) is 30.0 Å². The molecule has 0 aliphatic carbocycles. The fourth-order valence-corrected chi connectivity index (χ4v) is 3.28. The molecule has 0 spiro atoms. The van der Waals surface area contributed by atoms with Gasteiger partial charge in [0.2, 0.25) is 0 Å². The number of benzene rings is 1. The van der Waals surface area contributed by atoms with E-state index in [9.17, 15) is 9.59 Å². The first-order chi connectivity index (χ1) is 12.5. The number of carbonyl (C=O) groups excluding carboxylic acids is 1. The number of carboxylic acid groups (broad SMARTS) is 1. The van der Waals surface area contributed by atoms with Gasteiger partial charge in [-0.15, -0.1) is 0 Å². The maximum Gasteiger partial charge on any atom is 0.335 e. The van der Waals surface area contributed by atoms with Crippen LogP contribution < -0.4 is 0 Å². The molecule has 1 amide bonds. The molecular formula is C19H18N2O4S. The van der Waals surface area contributed by atoms with E-state index in [0.29, 0.717) is 41.0 Å². The number of amides is 1. The van der Waals surface area contributed by atoms with Gasteiger partial charge in [0.1, 0.15) is 17.2 Å². The van der Waals surface area contributed by atoms with Gasteiger partial charge < -0.3 is 14.4 Å². The minimum atomic E-state index is -0.996. The van der Waals surface area contributed by atoms with E-state index in [4.69, 9.17) is 21.7 Å². The van der Waals surface area contributed by atoms with Crippen LogP contribution in [0.4, 0.5) is 0 Å². The zero-order valence-electron chi connectivity index (χ0n) is 14.4. The predicted octanol–water partition coefficient (Wildman–Crippen LogP) is 3.45. The number of carbonyl (C=O) groups is 2. The van der Waals surface area contributed by atoms with Gasteiger partial charge in [-0.25, -0.2) is 4.79 Å². The van der Waals surface area contributed by atoms with Crippen molar-refractivity contribution in [1.82, 2.24) is 9.80 Å². The van der Waals surface area contributed by atoms with Crippen molar-refractivity contribution < 1.29 is 19.1 Å². The van der Waals surface area contributed by atoms with Crippen molar-refractivity contribution in [2.24, 2.45) is 0 Å². The molecule has 0 radical (unpaired) electrons. The van der Waals surface area contributed by atoms with E-state index in [1.54, 1.807) is 46.2 Å². The molecule has 134 valence electrons. The molecule has 1 N–H and O–H groups in total. The highest BCUT2D eigenvalue weighted by molar-refractivity contribution is 7.80. The van der Waals surface area contributed by atoms with E-state index in [1.165, 1.54) is 6.07 Å². The van der Waals surface area contributed by atoms with E-state index >= 15 is 0 Å². The Bertz CT molecular complexity index is 916. The lowest BCUT2D eigenvalue weighted by atomic mass is 10.1. The zero-order valence-corrected chi connectivity index (χ0v) is 15.2. The Labute approximate surface area is 156 Å². The lowest BCUT2D eigenvalue weighted by molar-refractivity contribution is -0.122. The number of aromatic carboxylic acids is 1. The highest BCUT2D eigenvalue weighted by Crippen LogP contribution is 2.27. The van der Waals surface area contributed by atoms with Gasteiger partial charge in [-0.1, -0.05) is 12.1 Å². The van der Waals surface area contributed by atoms with Gasteiger partial charge in [0.15, 0.2) is 5.11 Å². The highest BCUT2D eigenvalue weighted by Gasteiger charge is 2.36. The summed E-state index contributed by atoms with van der Waals surface area (Å²) >= 11 is 5.36. The van der Waals surface area contributed by atoms with Gasteiger partial charge in [-0.05, 0) is 50.3 Å². The molecule has 6 nitrogen and oxygen atoms in total. The van der Waals surface area contributed by atoms with Gasteiger partial charge in [0.25, 0.3) is 5.91 Å². The summed E-state index contributed by atoms with van der Waals surface area (Å²) in [6, 6.07) is 10.00. The minimum Gasteiger partial charge on any atom is -0.478 e. The number of rotatable bonds is 5. The second-order valence-corrected chi connectivity index (χ2v) is 6.06. The van der Waals surface area contributed by atoms with Gasteiger partial charge in [0, 0.05) is 24.7 Å². The smallest absolute Gasteiger partial charge is 0.335 e. The second-order valence-electron chi connectivity index (χ2n) is 5.69. The van der Waals surface area contributed by atoms with Crippen molar-refractivity contribution in [1.29, 1.82) is 0 Å². The van der Waals surface area contributed by atoms with Crippen molar-refractivity contribution in [3.8, 4) is 11.3 Å². The molecular weight excluding hydrogens is 352 g/mol. The van der Waals surface area contributed by atoms with E-state index in [0.717, 1.165) is 0 Å². The van der Waals surface area contributed by atoms with Crippen molar-refractivity contribution in [3.05, 3.63) is 53.4 Å². The normalized spacial score (nSPS) is 16.0. The number of nitrogens with zero attached hydrogens (tertiary/aromatic N) is 2. The zero-order chi connectivity index (χ0) is 18.8. The van der Waals surface area contributed by atoms with Crippen LogP contribution in [-0.2, 0) is 4.79 Å². The molecule has 1 aromatic carbocycles. The summed E-state index contributed by atoms with van der Waals surface area (Å²) in [4.78, 5) is 27.0. The molecule has 0 saturated carbocycles. The topological polar surface area (TPSA) is 74.0 Å². The van der Waals surface area contributed by atoms with Crippen molar-refractivity contribution in [2.45, 2.75) is 13.8 Å². The number of hydrogen-bond acceptors (Lipinski definition) is 4. The molecule has 2 aromatic rings. The van der Waals surface area contributed by atoms with Crippen LogP contribution in [0.25, 0.3) is 17.4 Å². The fraction of sp³-hybridized carbons (Fsp3) is 0.211. The van der Waals surface area contributed by atoms with Crippen molar-refractivity contribution in [2.75, 3.05) is 13.1 Å². The fourth-order valence-electron chi connectivity index (χ4n) is 2.84. The van der Waals surface area contributed by atoms with E-state index in [1.807, 2.05) is 13.8 Å². The molecule has 1 saturated heterocycles. The second kappa shape index (κ2) is 7.13. The Morgan fingerprint density at radius 1 is 1.19 bits per heavy atom. The van der Waals surface area contributed by atoms with Crippen LogP contribution in [0.5, 0.6) is 0 Å². The summed E-state index contributed by atoms with van der Waals surface area (Å²) in [6.45, 7) is 4.90. The summed E-state index contributed by atoms with van der Waals surface area (Å²) < 4.78 is 5.80. The SMILES string of the molecule is CCN1C(=O)/C(=C/c2ccc(-c3cccc(C(=O)O)c3)o2)N(CC)C1=S. The lowest BCUT2D eigenvalue weighted by Gasteiger charge is -2.16. The Kier molecular flexibility index (Phi) is 4.90. The monoisotopic (exact) mass is 370 g/mol. The number of thiocarbonyl (C=S) groups is 1. The summed E-state index contributed by atoms with van der Waals surface area (Å²) in [5.74, 6) is -0.110. The largest absolute Gasteiger partial charge is 0.478 e. The van der Waals surface area contributed by atoms with E-state index in [-0.39, 0.29) is 11.5 Å². The summed E-state index contributed by atoms with van der Waals surface area (Å²) in [7, 11) is 0. The lowest BCUT2D eigenvalue weighted by Crippen LogP contribution is -2.32. The standard InChI is InChI=1S/C19H18N2O4S/c1-3-20-15(17(22)21(4-2)19(20)26)11-14-8-9-16(25-14)12-6-5-7-13(10-12)18(23)24/h5-11H,3-4H2,1-2H3,(H,23,24)/b15-11-. The summed E-state index contributed by atoms with van der Waals surface area (Å²) in [5.41, 5.74) is 1.32. The quantitative estimate of drug-likeness (QED) is 0.642. The van der Waals surface area contributed by atoms with E-state index < -0.39 is 5.97 Å². The van der Waals surface area contributed by atoms with E-state index in [2.05, 4.69) is 0 Å². The molecule has 26 heavy (non-hydrogen) atoms. The highest BCUT2D eigenvalue weighted by atomic mass is 32.1. The Morgan fingerprint density at radius 2 is 1.92 bits per heavy atom.